The normalized spacial score (nSPS) is 13.0. The van der Waals surface area contributed by atoms with E-state index in [1.807, 2.05) is 6.92 Å². The van der Waals surface area contributed by atoms with E-state index in [9.17, 15) is 9.18 Å². The second kappa shape index (κ2) is 9.29. The van der Waals surface area contributed by atoms with Gasteiger partial charge in [-0.25, -0.2) is 9.07 Å². The van der Waals surface area contributed by atoms with Crippen molar-refractivity contribution in [2.45, 2.75) is 26.3 Å². The number of hydrogen-bond donors (Lipinski definition) is 2. The molecule has 0 radical (unpaired) electrons. The van der Waals surface area contributed by atoms with E-state index in [2.05, 4.69) is 20.8 Å². The van der Waals surface area contributed by atoms with Gasteiger partial charge in [-0.1, -0.05) is 19.1 Å². The summed E-state index contributed by atoms with van der Waals surface area (Å²) in [5.74, 6) is 0.133. The smallest absolute Gasteiger partial charge is 0.245 e. The molecule has 2 aromatic rings. The van der Waals surface area contributed by atoms with E-state index in [0.717, 1.165) is 0 Å². The fourth-order valence-electron chi connectivity index (χ4n) is 2.18. The number of benzene rings is 1. The lowest BCUT2D eigenvalue weighted by Gasteiger charge is -2.19. The average Bonchev–Trinajstić information content (AvgIpc) is 2.95. The lowest BCUT2D eigenvalue weighted by atomic mass is 10.0. The second-order valence-electron chi connectivity index (χ2n) is 5.61. The number of nitrogens with zero attached hydrogens (tertiary/aromatic N) is 4. The molecule has 0 saturated carbocycles. The Morgan fingerprint density at radius 1 is 1.46 bits per heavy atom. The molecule has 2 atom stereocenters. The largest absolute Gasteiger partial charge is 0.354 e. The third-order valence-corrected chi connectivity index (χ3v) is 3.60. The van der Waals surface area contributed by atoms with E-state index in [-0.39, 0.29) is 30.0 Å². The summed E-state index contributed by atoms with van der Waals surface area (Å²) in [6.07, 6.45) is 0.298. The number of nitrogens with two attached hydrogens (primary N) is 1. The van der Waals surface area contributed by atoms with Crippen molar-refractivity contribution in [3.05, 3.63) is 41.5 Å². The van der Waals surface area contributed by atoms with Crippen LogP contribution in [0.1, 0.15) is 24.4 Å². The summed E-state index contributed by atoms with van der Waals surface area (Å²) in [6, 6.07) is 5.51. The van der Waals surface area contributed by atoms with Gasteiger partial charge in [-0.2, -0.15) is 0 Å². The molecule has 132 valence electrons. The van der Waals surface area contributed by atoms with Crippen molar-refractivity contribution in [1.82, 2.24) is 25.5 Å². The predicted molar refractivity (Wildman–Crippen MR) is 90.2 cm³/mol. The summed E-state index contributed by atoms with van der Waals surface area (Å²) >= 11 is 0. The number of aromatic nitrogens is 4. The number of aryl methyl sites for hydroxylation is 1. The molecule has 1 aromatic heterocycles. The maximum Gasteiger partial charge on any atom is 0.245 e. The van der Waals surface area contributed by atoms with Crippen LogP contribution in [0.5, 0.6) is 0 Å². The van der Waals surface area contributed by atoms with Crippen molar-refractivity contribution < 1.29 is 9.18 Å². The molecule has 7 nitrogen and oxygen atoms in total. The minimum absolute atomic E-state index is 0. The Hall–Kier alpha value is -2.06. The molecule has 0 fully saturated rings. The van der Waals surface area contributed by atoms with Crippen molar-refractivity contribution >= 4 is 18.3 Å². The third kappa shape index (κ3) is 5.24. The number of rotatable bonds is 7. The minimum atomic E-state index is -0.642. The Labute approximate surface area is 146 Å². The van der Waals surface area contributed by atoms with Crippen LogP contribution < -0.4 is 11.1 Å². The molecule has 24 heavy (non-hydrogen) atoms. The fourth-order valence-corrected chi connectivity index (χ4v) is 2.18. The first-order valence-electron chi connectivity index (χ1n) is 7.48. The van der Waals surface area contributed by atoms with Gasteiger partial charge in [0.2, 0.25) is 5.91 Å². The summed E-state index contributed by atoms with van der Waals surface area (Å²) in [5, 5.41) is 14.1. The Bertz CT molecular complexity index is 665. The molecule has 1 aromatic carbocycles. The summed E-state index contributed by atoms with van der Waals surface area (Å²) in [4.78, 5) is 12.5. The van der Waals surface area contributed by atoms with Gasteiger partial charge in [-0.15, -0.1) is 17.5 Å². The molecule has 0 spiro atoms. The third-order valence-electron chi connectivity index (χ3n) is 3.60. The molecule has 0 saturated heterocycles. The topological polar surface area (TPSA) is 98.7 Å². The fraction of sp³-hybridized carbons (Fsp3) is 0.467. The molecular weight excluding hydrogens is 335 g/mol. The van der Waals surface area contributed by atoms with Gasteiger partial charge in [0.05, 0.1) is 0 Å². The number of nitrogens with one attached hydrogen (secondary N) is 1. The van der Waals surface area contributed by atoms with Crippen LogP contribution in [0.15, 0.2) is 24.3 Å². The van der Waals surface area contributed by atoms with Crippen LogP contribution in [-0.4, -0.2) is 39.2 Å². The standard InChI is InChI=1S/C15H21FN6O.ClH/c1-10(8-17)9-18-15(23)14(22-11(2)19-20-21-22)7-12-4-3-5-13(16)6-12;/h3-6,10,14H,7-9,17H2,1-2H3,(H,18,23);1H. The lowest BCUT2D eigenvalue weighted by Crippen LogP contribution is -2.38. The average molecular weight is 357 g/mol. The molecule has 1 heterocycles. The Kier molecular flexibility index (Phi) is 7.73. The van der Waals surface area contributed by atoms with Crippen molar-refractivity contribution in [2.24, 2.45) is 11.7 Å². The number of hydrogen-bond acceptors (Lipinski definition) is 5. The highest BCUT2D eigenvalue weighted by Gasteiger charge is 2.24. The number of halogens is 2. The van der Waals surface area contributed by atoms with E-state index in [1.54, 1.807) is 19.1 Å². The highest BCUT2D eigenvalue weighted by molar-refractivity contribution is 5.85. The molecular formula is C15H22ClFN6O. The zero-order valence-electron chi connectivity index (χ0n) is 13.6. The van der Waals surface area contributed by atoms with Crippen LogP contribution in [0, 0.1) is 18.7 Å². The highest BCUT2D eigenvalue weighted by atomic mass is 35.5. The summed E-state index contributed by atoms with van der Waals surface area (Å²) in [5.41, 5.74) is 6.26. The van der Waals surface area contributed by atoms with Gasteiger partial charge in [0.15, 0.2) is 0 Å². The maximum atomic E-state index is 13.4. The quantitative estimate of drug-likeness (QED) is 0.772. The van der Waals surface area contributed by atoms with Gasteiger partial charge in [0, 0.05) is 13.0 Å². The van der Waals surface area contributed by atoms with Crippen molar-refractivity contribution in [1.29, 1.82) is 0 Å². The second-order valence-corrected chi connectivity index (χ2v) is 5.61. The number of carbonyl (C=O) groups excluding carboxylic acids is 1. The lowest BCUT2D eigenvalue weighted by molar-refractivity contribution is -0.124. The van der Waals surface area contributed by atoms with Gasteiger partial charge >= 0.3 is 0 Å². The minimum Gasteiger partial charge on any atom is -0.354 e. The zero-order valence-corrected chi connectivity index (χ0v) is 14.5. The van der Waals surface area contributed by atoms with Gasteiger partial charge in [-0.3, -0.25) is 4.79 Å². The van der Waals surface area contributed by atoms with E-state index < -0.39 is 6.04 Å². The summed E-state index contributed by atoms with van der Waals surface area (Å²) in [7, 11) is 0. The molecule has 3 N–H and O–H groups in total. The monoisotopic (exact) mass is 356 g/mol. The molecule has 0 aliphatic rings. The Balaban J connectivity index is 0.00000288. The summed E-state index contributed by atoms with van der Waals surface area (Å²) < 4.78 is 14.8. The van der Waals surface area contributed by atoms with Crippen LogP contribution in [0.3, 0.4) is 0 Å². The first-order chi connectivity index (χ1) is 11.0. The molecule has 0 aliphatic carbocycles. The van der Waals surface area contributed by atoms with Crippen LogP contribution in [0.4, 0.5) is 4.39 Å². The first kappa shape index (κ1) is 20.0. The van der Waals surface area contributed by atoms with Crippen LogP contribution >= 0.6 is 12.4 Å². The Morgan fingerprint density at radius 2 is 2.21 bits per heavy atom. The van der Waals surface area contributed by atoms with E-state index >= 15 is 0 Å². The van der Waals surface area contributed by atoms with E-state index in [1.165, 1.54) is 16.8 Å². The molecule has 1 amide bonds. The maximum absolute atomic E-state index is 13.4. The molecule has 0 aliphatic heterocycles. The first-order valence-corrected chi connectivity index (χ1v) is 7.48. The van der Waals surface area contributed by atoms with Crippen molar-refractivity contribution in [3.8, 4) is 0 Å². The van der Waals surface area contributed by atoms with Gasteiger partial charge < -0.3 is 11.1 Å². The van der Waals surface area contributed by atoms with Crippen LogP contribution in [0.2, 0.25) is 0 Å². The SMILES string of the molecule is Cc1nnnn1C(Cc1cccc(F)c1)C(=O)NCC(C)CN.Cl. The summed E-state index contributed by atoms with van der Waals surface area (Å²) in [6.45, 7) is 4.62. The Morgan fingerprint density at radius 3 is 2.79 bits per heavy atom. The van der Waals surface area contributed by atoms with Gasteiger partial charge in [0.1, 0.15) is 17.7 Å². The number of amides is 1. The number of tetrazole rings is 1. The van der Waals surface area contributed by atoms with E-state index in [0.29, 0.717) is 30.9 Å². The van der Waals surface area contributed by atoms with Gasteiger partial charge in [0.25, 0.3) is 0 Å². The van der Waals surface area contributed by atoms with Crippen molar-refractivity contribution in [3.63, 3.8) is 0 Å². The molecule has 0 bridgehead atoms. The number of carbonyl (C=O) groups is 1. The van der Waals surface area contributed by atoms with Crippen molar-refractivity contribution in [2.75, 3.05) is 13.1 Å². The van der Waals surface area contributed by atoms with Gasteiger partial charge in [-0.05, 0) is 47.5 Å². The predicted octanol–water partition coefficient (Wildman–Crippen LogP) is 1.04. The molecule has 2 unspecified atom stereocenters. The molecule has 9 heteroatoms. The van der Waals surface area contributed by atoms with E-state index in [4.69, 9.17) is 5.73 Å². The zero-order chi connectivity index (χ0) is 16.8. The molecule has 2 rings (SSSR count). The van der Waals surface area contributed by atoms with Crippen LogP contribution in [0.25, 0.3) is 0 Å². The van der Waals surface area contributed by atoms with Crippen LogP contribution in [-0.2, 0) is 11.2 Å². The highest BCUT2D eigenvalue weighted by Crippen LogP contribution is 2.16.